The average Bonchev–Trinajstić information content (AvgIpc) is 1.83. The molecule has 0 aliphatic carbocycles. The van der Waals surface area contributed by atoms with Crippen molar-refractivity contribution in [3.8, 4) is 0 Å². The van der Waals surface area contributed by atoms with Gasteiger partial charge >= 0.3 is 0 Å². The summed E-state index contributed by atoms with van der Waals surface area (Å²) in [6.07, 6.45) is 0. The predicted molar refractivity (Wildman–Crippen MR) is 56.7 cm³/mol. The number of carbonyl (C=O) groups is 3. The summed E-state index contributed by atoms with van der Waals surface area (Å²) in [5.41, 5.74) is 5.09. The smallest absolute Gasteiger partial charge is 0.243 e. The molecule has 0 radical (unpaired) electrons. The molecule has 82 valence electrons. The van der Waals surface area contributed by atoms with Gasteiger partial charge in [0.05, 0.1) is 0 Å². The molecule has 0 heterocycles. The highest BCUT2D eigenvalue weighted by atomic mass is 16.1. The number of primary amides is 1. The molecule has 0 aromatic heterocycles. The topological polar surface area (TPSA) is 77.2 Å². The van der Waals surface area contributed by atoms with E-state index in [9.17, 15) is 14.4 Å². The van der Waals surface area contributed by atoms with Crippen molar-refractivity contribution in [1.82, 2.24) is 0 Å². The second-order valence-electron chi connectivity index (χ2n) is 2.96. The number of hydrogen-bond donors (Lipinski definition) is 1. The minimum absolute atomic E-state index is 0.167. The van der Waals surface area contributed by atoms with Gasteiger partial charge in [0.2, 0.25) is 5.91 Å². The van der Waals surface area contributed by atoms with Gasteiger partial charge in [-0.2, -0.15) is 0 Å². The fourth-order valence-corrected chi connectivity index (χ4v) is 0. The molecule has 0 saturated carbocycles. The highest BCUT2D eigenvalue weighted by Crippen LogP contribution is 1.78. The van der Waals surface area contributed by atoms with Gasteiger partial charge in [0.1, 0.15) is 11.6 Å². The summed E-state index contributed by atoms with van der Waals surface area (Å²) < 4.78 is 0. The molecule has 0 saturated heterocycles. The van der Waals surface area contributed by atoms with Gasteiger partial charge in [0.15, 0.2) is 0 Å². The molecular formula is C10H19NO3. The van der Waals surface area contributed by atoms with Crippen LogP contribution in [0.2, 0.25) is 0 Å². The van der Waals surface area contributed by atoms with Crippen LogP contribution in [0.15, 0.2) is 12.2 Å². The number of rotatable bonds is 1. The molecule has 0 rings (SSSR count). The zero-order valence-corrected chi connectivity index (χ0v) is 9.51. The van der Waals surface area contributed by atoms with Gasteiger partial charge in [-0.25, -0.2) is 0 Å². The molecular weight excluding hydrogens is 182 g/mol. The number of amides is 1. The zero-order valence-electron chi connectivity index (χ0n) is 9.51. The van der Waals surface area contributed by atoms with Crippen molar-refractivity contribution in [3.05, 3.63) is 12.2 Å². The molecule has 0 bridgehead atoms. The van der Waals surface area contributed by atoms with E-state index in [0.29, 0.717) is 5.57 Å². The minimum Gasteiger partial charge on any atom is -0.366 e. The number of hydrogen-bond acceptors (Lipinski definition) is 3. The van der Waals surface area contributed by atoms with Crippen molar-refractivity contribution in [3.63, 3.8) is 0 Å². The Hall–Kier alpha value is -1.45. The molecule has 4 nitrogen and oxygen atoms in total. The third-order valence-corrected chi connectivity index (χ3v) is 0.421. The zero-order chi connectivity index (χ0) is 12.3. The summed E-state index contributed by atoms with van der Waals surface area (Å²) in [5, 5.41) is 0. The van der Waals surface area contributed by atoms with Crippen molar-refractivity contribution in [2.45, 2.75) is 34.6 Å². The van der Waals surface area contributed by atoms with Crippen molar-refractivity contribution in [1.29, 1.82) is 0 Å². The summed E-state index contributed by atoms with van der Waals surface area (Å²) in [4.78, 5) is 28.7. The molecule has 0 aliphatic rings. The van der Waals surface area contributed by atoms with Crippen LogP contribution in [0.3, 0.4) is 0 Å². The molecule has 0 aliphatic heterocycles. The molecule has 4 heteroatoms. The first-order valence-corrected chi connectivity index (χ1v) is 4.00. The van der Waals surface area contributed by atoms with Crippen LogP contribution in [0.25, 0.3) is 0 Å². The van der Waals surface area contributed by atoms with Crippen LogP contribution < -0.4 is 5.73 Å². The van der Waals surface area contributed by atoms with Gasteiger partial charge in [-0.1, -0.05) is 6.58 Å². The van der Waals surface area contributed by atoms with E-state index in [1.165, 1.54) is 27.7 Å². The van der Waals surface area contributed by atoms with Gasteiger partial charge in [0, 0.05) is 5.57 Å². The molecule has 0 aromatic rings. The van der Waals surface area contributed by atoms with E-state index in [1.807, 2.05) is 0 Å². The van der Waals surface area contributed by atoms with Gasteiger partial charge < -0.3 is 15.3 Å². The van der Waals surface area contributed by atoms with Crippen molar-refractivity contribution < 1.29 is 14.4 Å². The fraction of sp³-hybridized carbons (Fsp3) is 0.500. The van der Waals surface area contributed by atoms with Crippen LogP contribution in [0.1, 0.15) is 34.6 Å². The fourth-order valence-electron chi connectivity index (χ4n) is 0. The molecule has 0 spiro atoms. The predicted octanol–water partition coefficient (Wildman–Crippen LogP) is 1.24. The lowest BCUT2D eigenvalue weighted by Crippen LogP contribution is -2.10. The maximum Gasteiger partial charge on any atom is 0.243 e. The van der Waals surface area contributed by atoms with E-state index in [4.69, 9.17) is 5.73 Å². The van der Waals surface area contributed by atoms with Crippen LogP contribution in [0.5, 0.6) is 0 Å². The third-order valence-electron chi connectivity index (χ3n) is 0.421. The third kappa shape index (κ3) is 148. The van der Waals surface area contributed by atoms with Gasteiger partial charge in [-0.3, -0.25) is 4.79 Å². The number of ketones is 2. The van der Waals surface area contributed by atoms with Crippen LogP contribution >= 0.6 is 0 Å². The minimum atomic E-state index is -0.435. The van der Waals surface area contributed by atoms with Crippen LogP contribution in [-0.4, -0.2) is 17.5 Å². The summed E-state index contributed by atoms with van der Waals surface area (Å²) in [5.74, 6) is -0.102. The lowest BCUT2D eigenvalue weighted by atomic mass is 10.3. The Balaban J connectivity index is -0.000000135. The first kappa shape index (κ1) is 18.4. The Morgan fingerprint density at radius 3 is 0.929 bits per heavy atom. The van der Waals surface area contributed by atoms with E-state index in [2.05, 4.69) is 6.58 Å². The molecule has 0 unspecified atom stereocenters. The summed E-state index contributed by atoms with van der Waals surface area (Å²) in [6.45, 7) is 11.0. The van der Waals surface area contributed by atoms with Crippen LogP contribution in [-0.2, 0) is 14.4 Å². The molecule has 0 aromatic carbocycles. The largest absolute Gasteiger partial charge is 0.366 e. The summed E-state index contributed by atoms with van der Waals surface area (Å²) in [7, 11) is 0. The average molecular weight is 201 g/mol. The standard InChI is InChI=1S/C4H7NO.2C3H6O/c1-3(2)4(5)6;2*1-3(2)4/h1H2,2H3,(H2,5,6);2*1-2H3. The number of carbonyl (C=O) groups excluding carboxylic acids is 3. The van der Waals surface area contributed by atoms with Crippen molar-refractivity contribution >= 4 is 17.5 Å². The Kier molecular flexibility index (Phi) is 15.1. The van der Waals surface area contributed by atoms with Gasteiger partial charge in [-0.05, 0) is 34.6 Å². The lowest BCUT2D eigenvalue weighted by Gasteiger charge is -1.81. The van der Waals surface area contributed by atoms with Gasteiger partial charge in [-0.15, -0.1) is 0 Å². The van der Waals surface area contributed by atoms with E-state index >= 15 is 0 Å². The van der Waals surface area contributed by atoms with Crippen molar-refractivity contribution in [2.75, 3.05) is 0 Å². The van der Waals surface area contributed by atoms with E-state index in [1.54, 1.807) is 6.92 Å². The Labute approximate surface area is 85.2 Å². The number of Topliss-reactive ketones (excluding diaryl/α,β-unsaturated/α-hetero) is 2. The highest BCUT2D eigenvalue weighted by Gasteiger charge is 1.86. The van der Waals surface area contributed by atoms with Crippen LogP contribution in [0, 0.1) is 0 Å². The lowest BCUT2D eigenvalue weighted by molar-refractivity contribution is -0.115. The van der Waals surface area contributed by atoms with Crippen molar-refractivity contribution in [2.24, 2.45) is 5.73 Å². The van der Waals surface area contributed by atoms with E-state index in [-0.39, 0.29) is 11.6 Å². The quantitative estimate of drug-likeness (QED) is 0.648. The monoisotopic (exact) mass is 201 g/mol. The summed E-state index contributed by atoms with van der Waals surface area (Å²) >= 11 is 0. The Morgan fingerprint density at radius 1 is 0.857 bits per heavy atom. The van der Waals surface area contributed by atoms with E-state index in [0.717, 1.165) is 0 Å². The van der Waals surface area contributed by atoms with E-state index < -0.39 is 5.91 Å². The molecule has 14 heavy (non-hydrogen) atoms. The molecule has 0 atom stereocenters. The maximum atomic E-state index is 9.82. The Morgan fingerprint density at radius 2 is 0.929 bits per heavy atom. The normalized spacial score (nSPS) is 6.93. The molecule has 0 fully saturated rings. The second kappa shape index (κ2) is 11.6. The SMILES string of the molecule is C=C(C)C(N)=O.CC(C)=O.CC(C)=O. The first-order valence-electron chi connectivity index (χ1n) is 4.00. The highest BCUT2D eigenvalue weighted by molar-refractivity contribution is 5.90. The Bertz CT molecular complexity index is 187. The first-order chi connectivity index (χ1) is 6.11. The molecule has 2 N–H and O–H groups in total. The van der Waals surface area contributed by atoms with Crippen LogP contribution in [0.4, 0.5) is 0 Å². The maximum absolute atomic E-state index is 9.82. The van der Waals surface area contributed by atoms with Gasteiger partial charge in [0.25, 0.3) is 0 Å². The summed E-state index contributed by atoms with van der Waals surface area (Å²) in [6, 6.07) is 0. The second-order valence-corrected chi connectivity index (χ2v) is 2.96. The number of nitrogens with two attached hydrogens (primary N) is 1. The molecule has 1 amide bonds.